The van der Waals surface area contributed by atoms with Gasteiger partial charge in [-0.2, -0.15) is 0 Å². The van der Waals surface area contributed by atoms with E-state index in [9.17, 15) is 9.59 Å². The van der Waals surface area contributed by atoms with Crippen LogP contribution in [0.5, 0.6) is 0 Å². The molecule has 5 heteroatoms. The number of benzene rings is 1. The van der Waals surface area contributed by atoms with Crippen molar-refractivity contribution in [2.75, 3.05) is 18.8 Å². The van der Waals surface area contributed by atoms with Crippen LogP contribution < -0.4 is 0 Å². The van der Waals surface area contributed by atoms with Gasteiger partial charge in [0.25, 0.3) is 0 Å². The Morgan fingerprint density at radius 1 is 1.20 bits per heavy atom. The molecule has 20 heavy (non-hydrogen) atoms. The van der Waals surface area contributed by atoms with Crippen LogP contribution >= 0.6 is 11.8 Å². The highest BCUT2D eigenvalue weighted by Gasteiger charge is 2.34. The number of rotatable bonds is 2. The van der Waals surface area contributed by atoms with Crippen molar-refractivity contribution in [2.45, 2.75) is 23.7 Å². The standard InChI is InChI=1S/C15H17NO3S/c17-14(16-7-5-10(6-8-16)15(18)19)12-9-20-13-4-2-1-3-11(12)13/h1-4,10,12H,5-9H2,(H,18,19). The minimum atomic E-state index is -0.737. The highest BCUT2D eigenvalue weighted by atomic mass is 32.2. The summed E-state index contributed by atoms with van der Waals surface area (Å²) in [5, 5.41) is 9.00. The number of carbonyl (C=O) groups excluding carboxylic acids is 1. The summed E-state index contributed by atoms with van der Waals surface area (Å²) in [5.74, 6) is -0.121. The van der Waals surface area contributed by atoms with Gasteiger partial charge in [-0.3, -0.25) is 9.59 Å². The number of thioether (sulfide) groups is 1. The van der Waals surface area contributed by atoms with E-state index in [1.54, 1.807) is 11.8 Å². The summed E-state index contributed by atoms with van der Waals surface area (Å²) < 4.78 is 0. The van der Waals surface area contributed by atoms with Gasteiger partial charge in [-0.05, 0) is 24.5 Å². The number of nitrogens with zero attached hydrogens (tertiary/aromatic N) is 1. The Kier molecular flexibility index (Phi) is 3.70. The minimum Gasteiger partial charge on any atom is -0.481 e. The molecule has 2 heterocycles. The van der Waals surface area contributed by atoms with Crippen molar-refractivity contribution in [1.82, 2.24) is 4.90 Å². The van der Waals surface area contributed by atoms with Gasteiger partial charge in [-0.25, -0.2) is 0 Å². The molecule has 0 spiro atoms. The normalized spacial score (nSPS) is 22.6. The summed E-state index contributed by atoms with van der Waals surface area (Å²) in [4.78, 5) is 26.6. The second-order valence-corrected chi connectivity index (χ2v) is 6.40. The van der Waals surface area contributed by atoms with Gasteiger partial charge in [0.05, 0.1) is 11.8 Å². The molecule has 2 aliphatic rings. The molecule has 0 radical (unpaired) electrons. The molecule has 106 valence electrons. The van der Waals surface area contributed by atoms with Crippen molar-refractivity contribution < 1.29 is 14.7 Å². The summed E-state index contributed by atoms with van der Waals surface area (Å²) in [6, 6.07) is 8.06. The van der Waals surface area contributed by atoms with Gasteiger partial charge in [-0.1, -0.05) is 18.2 Å². The molecule has 0 bridgehead atoms. The second kappa shape index (κ2) is 5.48. The molecule has 1 unspecified atom stereocenters. The molecule has 1 fully saturated rings. The first kappa shape index (κ1) is 13.5. The molecule has 1 aromatic rings. The van der Waals surface area contributed by atoms with Gasteiger partial charge >= 0.3 is 5.97 Å². The number of hydrogen-bond donors (Lipinski definition) is 1. The third-order valence-corrected chi connectivity index (χ3v) is 5.34. The Morgan fingerprint density at radius 3 is 2.60 bits per heavy atom. The zero-order chi connectivity index (χ0) is 14.1. The maximum atomic E-state index is 12.6. The van der Waals surface area contributed by atoms with Crippen molar-refractivity contribution in [3.8, 4) is 0 Å². The highest BCUT2D eigenvalue weighted by molar-refractivity contribution is 7.99. The van der Waals surface area contributed by atoms with Crippen molar-refractivity contribution >= 4 is 23.6 Å². The molecule has 3 rings (SSSR count). The van der Waals surface area contributed by atoms with Gasteiger partial charge in [0.2, 0.25) is 5.91 Å². The predicted octanol–water partition coefficient (Wildman–Crippen LogP) is 2.20. The molecule has 2 aliphatic heterocycles. The average molecular weight is 291 g/mol. The fourth-order valence-electron chi connectivity index (χ4n) is 2.93. The second-order valence-electron chi connectivity index (χ2n) is 5.34. The minimum absolute atomic E-state index is 0.0578. The van der Waals surface area contributed by atoms with Gasteiger partial charge < -0.3 is 10.0 Å². The maximum Gasteiger partial charge on any atom is 0.306 e. The Balaban J connectivity index is 1.68. The fourth-order valence-corrected chi connectivity index (χ4v) is 4.15. The average Bonchev–Trinajstić information content (AvgIpc) is 2.90. The molecule has 0 aromatic heterocycles. The number of amides is 1. The number of carbonyl (C=O) groups is 2. The first-order valence-electron chi connectivity index (χ1n) is 6.90. The van der Waals surface area contributed by atoms with Crippen LogP contribution in [-0.4, -0.2) is 40.7 Å². The lowest BCUT2D eigenvalue weighted by Crippen LogP contribution is -2.42. The monoisotopic (exact) mass is 291 g/mol. The molecular weight excluding hydrogens is 274 g/mol. The quantitative estimate of drug-likeness (QED) is 0.907. The number of piperidine rings is 1. The van der Waals surface area contributed by atoms with Crippen molar-refractivity contribution in [3.63, 3.8) is 0 Å². The van der Waals surface area contributed by atoms with E-state index in [1.807, 2.05) is 23.1 Å². The Labute approximate surface area is 122 Å². The topological polar surface area (TPSA) is 57.6 Å². The van der Waals surface area contributed by atoms with E-state index in [4.69, 9.17) is 5.11 Å². The van der Waals surface area contributed by atoms with Crippen molar-refractivity contribution in [1.29, 1.82) is 0 Å². The lowest BCUT2D eigenvalue weighted by Gasteiger charge is -2.32. The molecule has 1 amide bonds. The van der Waals surface area contributed by atoms with Crippen LogP contribution in [0, 0.1) is 5.92 Å². The zero-order valence-electron chi connectivity index (χ0n) is 11.1. The Bertz CT molecular complexity index is 538. The highest BCUT2D eigenvalue weighted by Crippen LogP contribution is 2.40. The van der Waals surface area contributed by atoms with Crippen LogP contribution in [0.15, 0.2) is 29.2 Å². The maximum absolute atomic E-state index is 12.6. The fraction of sp³-hybridized carbons (Fsp3) is 0.467. The van der Waals surface area contributed by atoms with Crippen LogP contribution in [-0.2, 0) is 9.59 Å². The third-order valence-electron chi connectivity index (χ3n) is 4.15. The molecule has 1 atom stereocenters. The molecule has 1 N–H and O–H groups in total. The van der Waals surface area contributed by atoms with Crippen LogP contribution in [0.3, 0.4) is 0 Å². The molecule has 1 aromatic carbocycles. The van der Waals surface area contributed by atoms with Crippen LogP contribution in [0.2, 0.25) is 0 Å². The zero-order valence-corrected chi connectivity index (χ0v) is 11.9. The largest absolute Gasteiger partial charge is 0.481 e. The first-order chi connectivity index (χ1) is 9.66. The van der Waals surface area contributed by atoms with Gasteiger partial charge in [0.15, 0.2) is 0 Å². The first-order valence-corrected chi connectivity index (χ1v) is 7.88. The van der Waals surface area contributed by atoms with Crippen LogP contribution in [0.1, 0.15) is 24.3 Å². The molecule has 0 aliphatic carbocycles. The van der Waals surface area contributed by atoms with Gasteiger partial charge in [0.1, 0.15) is 0 Å². The number of likely N-dealkylation sites (tertiary alicyclic amines) is 1. The Hall–Kier alpha value is -1.49. The summed E-state index contributed by atoms with van der Waals surface area (Å²) in [6.07, 6.45) is 1.14. The van der Waals surface area contributed by atoms with E-state index >= 15 is 0 Å². The van der Waals surface area contributed by atoms with Crippen LogP contribution in [0.4, 0.5) is 0 Å². The number of carboxylic acids is 1. The van der Waals surface area contributed by atoms with E-state index in [2.05, 4.69) is 6.07 Å². The number of aliphatic carboxylic acids is 1. The van der Waals surface area contributed by atoms with Crippen molar-refractivity contribution in [3.05, 3.63) is 29.8 Å². The number of fused-ring (bicyclic) bond motifs is 1. The van der Waals surface area contributed by atoms with Gasteiger partial charge in [0, 0.05) is 23.7 Å². The van der Waals surface area contributed by atoms with E-state index in [0.29, 0.717) is 25.9 Å². The lowest BCUT2D eigenvalue weighted by molar-refractivity contribution is -0.145. The molecule has 1 saturated heterocycles. The smallest absolute Gasteiger partial charge is 0.306 e. The van der Waals surface area contributed by atoms with Crippen LogP contribution in [0.25, 0.3) is 0 Å². The Morgan fingerprint density at radius 2 is 1.90 bits per heavy atom. The summed E-state index contributed by atoms with van der Waals surface area (Å²) >= 11 is 1.73. The van der Waals surface area contributed by atoms with E-state index in [-0.39, 0.29) is 17.7 Å². The molecular formula is C15H17NO3S. The van der Waals surface area contributed by atoms with Gasteiger partial charge in [-0.15, -0.1) is 11.8 Å². The predicted molar refractivity (Wildman–Crippen MR) is 76.8 cm³/mol. The summed E-state index contributed by atoms with van der Waals surface area (Å²) in [7, 11) is 0. The molecule has 0 saturated carbocycles. The van der Waals surface area contributed by atoms with E-state index in [1.165, 1.54) is 4.90 Å². The van der Waals surface area contributed by atoms with Crippen molar-refractivity contribution in [2.24, 2.45) is 5.92 Å². The SMILES string of the molecule is O=C(O)C1CCN(C(=O)C2CSc3ccccc32)CC1. The number of carboxylic acid groups (broad SMARTS) is 1. The van der Waals surface area contributed by atoms with E-state index in [0.717, 1.165) is 11.3 Å². The summed E-state index contributed by atoms with van der Waals surface area (Å²) in [6.45, 7) is 1.14. The molecule has 4 nitrogen and oxygen atoms in total. The van der Waals surface area contributed by atoms with E-state index < -0.39 is 5.97 Å². The lowest BCUT2D eigenvalue weighted by atomic mass is 9.94. The third kappa shape index (κ3) is 2.42. The summed E-state index contributed by atoms with van der Waals surface area (Å²) in [5.41, 5.74) is 1.13. The number of hydrogen-bond acceptors (Lipinski definition) is 3.